The van der Waals surface area contributed by atoms with Gasteiger partial charge in [0.15, 0.2) is 5.05 Å². The molecule has 1 aliphatic rings. The molecule has 0 amide bonds. The number of thiocarbonyl (C=S) groups is 1. The Labute approximate surface area is 66.5 Å². The van der Waals surface area contributed by atoms with Gasteiger partial charge in [0.2, 0.25) is 0 Å². The van der Waals surface area contributed by atoms with Crippen molar-refractivity contribution in [3.8, 4) is 0 Å². The van der Waals surface area contributed by atoms with Gasteiger partial charge in [-0.2, -0.15) is 0 Å². The van der Waals surface area contributed by atoms with Gasteiger partial charge in [-0.1, -0.05) is 0 Å². The number of ether oxygens (including phenoxy) is 2. The van der Waals surface area contributed by atoms with Crippen molar-refractivity contribution in [2.75, 3.05) is 6.61 Å². The van der Waals surface area contributed by atoms with Gasteiger partial charge in [0.25, 0.3) is 0 Å². The second-order valence-corrected chi connectivity index (χ2v) is 3.19. The molecule has 1 rings (SSSR count). The first-order chi connectivity index (χ1) is 4.68. The SMILES string of the molecule is CC(=S)OC1COC(C)C1. The Bertz CT molecular complexity index is 136. The van der Waals surface area contributed by atoms with E-state index in [1.54, 1.807) is 6.92 Å². The van der Waals surface area contributed by atoms with Crippen LogP contribution in [-0.2, 0) is 9.47 Å². The third-order valence-electron chi connectivity index (χ3n) is 1.49. The number of hydrogen-bond donors (Lipinski definition) is 0. The van der Waals surface area contributed by atoms with Crippen molar-refractivity contribution in [1.82, 2.24) is 0 Å². The lowest BCUT2D eigenvalue weighted by atomic mass is 10.2. The van der Waals surface area contributed by atoms with Gasteiger partial charge >= 0.3 is 0 Å². The number of rotatable bonds is 1. The highest BCUT2D eigenvalue weighted by atomic mass is 32.1. The third-order valence-corrected chi connectivity index (χ3v) is 1.59. The van der Waals surface area contributed by atoms with E-state index >= 15 is 0 Å². The van der Waals surface area contributed by atoms with E-state index in [4.69, 9.17) is 21.7 Å². The van der Waals surface area contributed by atoms with Gasteiger partial charge in [-0.15, -0.1) is 0 Å². The minimum Gasteiger partial charge on any atom is -0.482 e. The summed E-state index contributed by atoms with van der Waals surface area (Å²) in [6, 6.07) is 0. The largest absolute Gasteiger partial charge is 0.482 e. The summed E-state index contributed by atoms with van der Waals surface area (Å²) in [6.07, 6.45) is 1.50. The van der Waals surface area contributed by atoms with Crippen molar-refractivity contribution >= 4 is 17.3 Å². The van der Waals surface area contributed by atoms with E-state index in [1.807, 2.05) is 6.92 Å². The van der Waals surface area contributed by atoms with Crippen LogP contribution in [0.15, 0.2) is 0 Å². The van der Waals surface area contributed by atoms with Gasteiger partial charge in [-0.25, -0.2) is 0 Å². The first-order valence-electron chi connectivity index (χ1n) is 3.47. The summed E-state index contributed by atoms with van der Waals surface area (Å²) in [7, 11) is 0. The van der Waals surface area contributed by atoms with Crippen LogP contribution >= 0.6 is 12.2 Å². The molecule has 0 aromatic carbocycles. The summed E-state index contributed by atoms with van der Waals surface area (Å²) in [4.78, 5) is 0. The van der Waals surface area contributed by atoms with Crippen LogP contribution in [0.5, 0.6) is 0 Å². The molecule has 2 atom stereocenters. The molecule has 0 bridgehead atoms. The molecule has 0 aliphatic carbocycles. The summed E-state index contributed by atoms with van der Waals surface area (Å²) >= 11 is 4.79. The summed E-state index contributed by atoms with van der Waals surface area (Å²) in [5, 5.41) is 0.614. The maximum Gasteiger partial charge on any atom is 0.157 e. The molecule has 2 unspecified atom stereocenters. The lowest BCUT2D eigenvalue weighted by molar-refractivity contribution is 0.102. The molecule has 0 aromatic heterocycles. The average molecular weight is 160 g/mol. The van der Waals surface area contributed by atoms with Crippen LogP contribution in [0.1, 0.15) is 20.3 Å². The summed E-state index contributed by atoms with van der Waals surface area (Å²) in [6.45, 7) is 4.52. The number of hydrogen-bond acceptors (Lipinski definition) is 3. The van der Waals surface area contributed by atoms with E-state index in [9.17, 15) is 0 Å². The smallest absolute Gasteiger partial charge is 0.157 e. The lowest BCUT2D eigenvalue weighted by Crippen LogP contribution is -2.14. The van der Waals surface area contributed by atoms with E-state index in [1.165, 1.54) is 0 Å². The molecule has 1 fully saturated rings. The lowest BCUT2D eigenvalue weighted by Gasteiger charge is -2.08. The monoisotopic (exact) mass is 160 g/mol. The Morgan fingerprint density at radius 3 is 2.80 bits per heavy atom. The predicted octanol–water partition coefficient (Wildman–Crippen LogP) is 1.53. The standard InChI is InChI=1S/C7H12O2S/c1-5-3-7(4-8-5)9-6(2)10/h5,7H,3-4H2,1-2H3. The van der Waals surface area contributed by atoms with Crippen LogP contribution < -0.4 is 0 Å². The Morgan fingerprint density at radius 2 is 2.40 bits per heavy atom. The van der Waals surface area contributed by atoms with Gasteiger partial charge in [0.05, 0.1) is 12.7 Å². The molecule has 2 nitrogen and oxygen atoms in total. The Kier molecular flexibility index (Phi) is 2.63. The summed E-state index contributed by atoms with van der Waals surface area (Å²) in [5.74, 6) is 0. The van der Waals surface area contributed by atoms with Crippen molar-refractivity contribution in [1.29, 1.82) is 0 Å². The fourth-order valence-electron chi connectivity index (χ4n) is 1.09. The molecule has 1 aliphatic heterocycles. The van der Waals surface area contributed by atoms with Crippen LogP contribution in [0.3, 0.4) is 0 Å². The molecule has 1 saturated heterocycles. The molecular weight excluding hydrogens is 148 g/mol. The zero-order valence-electron chi connectivity index (χ0n) is 6.29. The maximum absolute atomic E-state index is 5.29. The third kappa shape index (κ3) is 2.23. The second kappa shape index (κ2) is 3.30. The molecule has 0 N–H and O–H groups in total. The first-order valence-corrected chi connectivity index (χ1v) is 3.88. The van der Waals surface area contributed by atoms with E-state index in [-0.39, 0.29) is 6.10 Å². The van der Waals surface area contributed by atoms with Crippen molar-refractivity contribution in [3.63, 3.8) is 0 Å². The zero-order chi connectivity index (χ0) is 7.56. The normalized spacial score (nSPS) is 32.2. The highest BCUT2D eigenvalue weighted by Gasteiger charge is 2.23. The fourth-order valence-corrected chi connectivity index (χ4v) is 1.23. The van der Waals surface area contributed by atoms with Crippen LogP contribution in [-0.4, -0.2) is 23.9 Å². The summed E-state index contributed by atoms with van der Waals surface area (Å²) < 4.78 is 10.6. The van der Waals surface area contributed by atoms with Gasteiger partial charge < -0.3 is 9.47 Å². The quantitative estimate of drug-likeness (QED) is 0.542. The van der Waals surface area contributed by atoms with Crippen molar-refractivity contribution < 1.29 is 9.47 Å². The minimum atomic E-state index is 0.201. The Balaban J connectivity index is 2.24. The molecule has 3 heteroatoms. The van der Waals surface area contributed by atoms with E-state index in [0.29, 0.717) is 17.8 Å². The van der Waals surface area contributed by atoms with Crippen molar-refractivity contribution in [2.45, 2.75) is 32.5 Å². The molecule has 1 heterocycles. The topological polar surface area (TPSA) is 18.5 Å². The highest BCUT2D eigenvalue weighted by Crippen LogP contribution is 2.15. The fraction of sp³-hybridized carbons (Fsp3) is 0.857. The van der Waals surface area contributed by atoms with E-state index in [0.717, 1.165) is 6.42 Å². The second-order valence-electron chi connectivity index (χ2n) is 2.61. The van der Waals surface area contributed by atoms with Gasteiger partial charge in [-0.05, 0) is 19.1 Å². The van der Waals surface area contributed by atoms with E-state index in [2.05, 4.69) is 0 Å². The molecule has 0 spiro atoms. The van der Waals surface area contributed by atoms with Gasteiger partial charge in [0.1, 0.15) is 6.10 Å². The van der Waals surface area contributed by atoms with Crippen LogP contribution in [0.4, 0.5) is 0 Å². The molecule has 0 saturated carbocycles. The van der Waals surface area contributed by atoms with Crippen molar-refractivity contribution in [3.05, 3.63) is 0 Å². The Morgan fingerprint density at radius 1 is 1.70 bits per heavy atom. The van der Waals surface area contributed by atoms with Crippen LogP contribution in [0, 0.1) is 0 Å². The summed E-state index contributed by atoms with van der Waals surface area (Å²) in [5.41, 5.74) is 0. The molecule has 58 valence electrons. The van der Waals surface area contributed by atoms with E-state index < -0.39 is 0 Å². The van der Waals surface area contributed by atoms with Gasteiger partial charge in [0, 0.05) is 13.3 Å². The average Bonchev–Trinajstić information content (AvgIpc) is 2.13. The molecular formula is C7H12O2S. The predicted molar refractivity (Wildman–Crippen MR) is 43.2 cm³/mol. The maximum atomic E-state index is 5.29. The molecule has 0 aromatic rings. The van der Waals surface area contributed by atoms with Crippen LogP contribution in [0.25, 0.3) is 0 Å². The van der Waals surface area contributed by atoms with Crippen molar-refractivity contribution in [2.24, 2.45) is 0 Å². The van der Waals surface area contributed by atoms with Gasteiger partial charge in [-0.3, -0.25) is 0 Å². The zero-order valence-corrected chi connectivity index (χ0v) is 7.11. The Hall–Kier alpha value is -0.150. The minimum absolute atomic E-state index is 0.201. The highest BCUT2D eigenvalue weighted by molar-refractivity contribution is 7.80. The first kappa shape index (κ1) is 7.95. The molecule has 10 heavy (non-hydrogen) atoms. The van der Waals surface area contributed by atoms with Crippen LogP contribution in [0.2, 0.25) is 0 Å². The molecule has 0 radical (unpaired) electrons.